The van der Waals surface area contributed by atoms with Crippen LogP contribution in [0.15, 0.2) is 36.4 Å². The Morgan fingerprint density at radius 1 is 0.537 bits per heavy atom. The molecular formula is C44H68F2N8O26. The van der Waals surface area contributed by atoms with Gasteiger partial charge in [0.15, 0.2) is 0 Å². The lowest BCUT2D eigenvalue weighted by Crippen LogP contribution is -2.30. The van der Waals surface area contributed by atoms with Crippen LogP contribution in [0.2, 0.25) is 0 Å². The Hall–Kier alpha value is -9.15. The number of aryl methyl sites for hydroxylation is 1. The Bertz CT molecular complexity index is 2160. The highest BCUT2D eigenvalue weighted by molar-refractivity contribution is 5.69. The molecule has 36 heteroatoms. The number of benzene rings is 2. The SMILES string of the molecule is COC(=O)CCC(CO[N+](=O)[O-])c1cc(C)cc(OC)c1.COC(=O)CCCCO[N+](=O)[O-].COC(=O)N(C)CCCCO[N+](=O)[O-].COC(=O)NCC(CO[N+](=O)[O-])c1cc(F)cc(F)c1.COC(=O)NCCCCO[N+](=O)[O-]. The van der Waals surface area contributed by atoms with E-state index in [0.29, 0.717) is 69.9 Å². The summed E-state index contributed by atoms with van der Waals surface area (Å²) in [5, 5.41) is 50.0. The first-order valence-electron chi connectivity index (χ1n) is 23.3. The van der Waals surface area contributed by atoms with Crippen LogP contribution in [0.4, 0.5) is 23.2 Å². The second-order valence-electron chi connectivity index (χ2n) is 15.3. The fourth-order valence-corrected chi connectivity index (χ4v) is 5.61. The molecule has 34 nitrogen and oxygen atoms in total. The normalized spacial score (nSPS) is 10.4. The van der Waals surface area contributed by atoms with Crippen LogP contribution in [0.1, 0.15) is 86.3 Å². The van der Waals surface area contributed by atoms with Gasteiger partial charge in [0.1, 0.15) is 30.6 Å². The van der Waals surface area contributed by atoms with Crippen LogP contribution in [-0.4, -0.2) is 163 Å². The molecule has 0 fully saturated rings. The van der Waals surface area contributed by atoms with Gasteiger partial charge in [-0.1, -0.05) is 6.07 Å². The molecule has 0 bridgehead atoms. The Balaban J connectivity index is -0.000000945. The summed E-state index contributed by atoms with van der Waals surface area (Å²) in [7, 11) is 9.46. The average molecular weight is 1160 g/mol. The highest BCUT2D eigenvalue weighted by atomic mass is 19.1. The first-order valence-corrected chi connectivity index (χ1v) is 23.3. The number of rotatable bonds is 32. The summed E-state index contributed by atoms with van der Waals surface area (Å²) in [5.41, 5.74) is 1.92. The number of carbonyl (C=O) groups is 5. The number of hydrogen-bond acceptors (Lipinski definition) is 26. The number of esters is 2. The van der Waals surface area contributed by atoms with Gasteiger partial charge in [-0.2, -0.15) is 0 Å². The fourth-order valence-electron chi connectivity index (χ4n) is 5.61. The number of unbranched alkanes of at least 4 members (excludes halogenated alkanes) is 3. The van der Waals surface area contributed by atoms with E-state index >= 15 is 0 Å². The van der Waals surface area contributed by atoms with E-state index in [2.05, 4.69) is 58.5 Å². The van der Waals surface area contributed by atoms with Crippen molar-refractivity contribution in [2.24, 2.45) is 0 Å². The third-order valence-electron chi connectivity index (χ3n) is 9.49. The van der Waals surface area contributed by atoms with Crippen LogP contribution in [0.5, 0.6) is 5.75 Å². The van der Waals surface area contributed by atoms with E-state index in [9.17, 15) is 83.3 Å². The van der Waals surface area contributed by atoms with Crippen LogP contribution >= 0.6 is 0 Å². The van der Waals surface area contributed by atoms with Crippen LogP contribution < -0.4 is 15.4 Å². The second-order valence-corrected chi connectivity index (χ2v) is 15.3. The van der Waals surface area contributed by atoms with E-state index in [0.717, 1.165) is 30.4 Å². The zero-order valence-corrected chi connectivity index (χ0v) is 45.2. The molecule has 2 N–H and O–H groups in total. The lowest BCUT2D eigenvalue weighted by molar-refractivity contribution is -0.758. The molecule has 0 saturated heterocycles. The maximum absolute atomic E-state index is 13.1. The van der Waals surface area contributed by atoms with Crippen molar-refractivity contribution in [2.45, 2.75) is 76.5 Å². The summed E-state index contributed by atoms with van der Waals surface area (Å²) in [6.07, 6.45) is 2.47. The van der Waals surface area contributed by atoms with Crippen molar-refractivity contribution in [3.8, 4) is 5.75 Å². The zero-order chi connectivity index (χ0) is 61.4. The lowest BCUT2D eigenvalue weighted by Gasteiger charge is -2.17. The van der Waals surface area contributed by atoms with E-state index in [-0.39, 0.29) is 69.2 Å². The molecule has 2 atom stereocenters. The standard InChI is InChI=1S/C14H19NO6.C11H12F2N2O5.C7H14N2O5.C6H12N2O5.C6H11NO5/c1-10-6-12(8-13(7-10)19-2)11(9-21-15(17)18)4-5-14(16)20-3;1-19-11(16)14-5-8(6-20-15(17)18)7-2-9(12)4-10(13)3-7;1-8(7(10)13-2)5-3-4-6-14-9(11)12;1-12-6(9)7-4-2-3-5-13-8(10)11;1-11-6(8)4-2-3-5-12-7(9)10/h6-8,11H,4-5,9H2,1-3H3;2-4,8H,5-6H2,1H3,(H,14,16);3-6H2,1-2H3;2-5H2,1H3,(H,7,9);2-5H2,1H3. The van der Waals surface area contributed by atoms with Crippen molar-refractivity contribution in [3.63, 3.8) is 0 Å². The number of nitrogens with one attached hydrogen (secondary N) is 2. The molecule has 80 heavy (non-hydrogen) atoms. The summed E-state index contributed by atoms with van der Waals surface area (Å²) in [6.45, 7) is 2.25. The first kappa shape index (κ1) is 75.1. The molecule has 2 unspecified atom stereocenters. The Kier molecular flexibility index (Phi) is 44.2. The second kappa shape index (κ2) is 47.1. The number of nitrogens with zero attached hydrogens (tertiary/aromatic N) is 6. The van der Waals surface area contributed by atoms with Gasteiger partial charge in [0.25, 0.3) is 25.4 Å². The number of halogens is 2. The number of ether oxygens (including phenoxy) is 6. The van der Waals surface area contributed by atoms with E-state index in [1.165, 1.54) is 33.3 Å². The Morgan fingerprint density at radius 3 is 1.45 bits per heavy atom. The monoisotopic (exact) mass is 1160 g/mol. The molecule has 2 aromatic carbocycles. The molecule has 0 saturated carbocycles. The average Bonchev–Trinajstić information content (AvgIpc) is 3.40. The quantitative estimate of drug-likeness (QED) is 0.0304. The van der Waals surface area contributed by atoms with E-state index < -0.39 is 67.9 Å². The third kappa shape index (κ3) is 45.1. The molecule has 0 aromatic heterocycles. The summed E-state index contributed by atoms with van der Waals surface area (Å²) < 4.78 is 53.5. The van der Waals surface area contributed by atoms with E-state index in [1.807, 2.05) is 19.1 Å². The molecule has 2 aromatic rings. The van der Waals surface area contributed by atoms with Crippen LogP contribution in [-0.2, 0) is 57.5 Å². The predicted molar refractivity (Wildman–Crippen MR) is 266 cm³/mol. The van der Waals surface area contributed by atoms with Crippen LogP contribution in [0, 0.1) is 69.1 Å². The maximum atomic E-state index is 13.1. The van der Waals surface area contributed by atoms with Crippen molar-refractivity contribution in [1.82, 2.24) is 15.5 Å². The summed E-state index contributed by atoms with van der Waals surface area (Å²) >= 11 is 0. The number of carbonyl (C=O) groups excluding carboxylic acids is 5. The minimum absolute atomic E-state index is 0.0317. The summed E-state index contributed by atoms with van der Waals surface area (Å²) in [4.78, 5) is 126. The van der Waals surface area contributed by atoms with Gasteiger partial charge < -0.3 is 68.1 Å². The van der Waals surface area contributed by atoms with Crippen molar-refractivity contribution < 1.29 is 111 Å². The zero-order valence-electron chi connectivity index (χ0n) is 45.2. The molecule has 0 aliphatic rings. The molecule has 0 heterocycles. The minimum atomic E-state index is -1.03. The van der Waals surface area contributed by atoms with Gasteiger partial charge in [-0.05, 0) is 92.8 Å². The predicted octanol–water partition coefficient (Wildman–Crippen LogP) is 5.40. The lowest BCUT2D eigenvalue weighted by atomic mass is 9.93. The largest absolute Gasteiger partial charge is 0.497 e. The highest BCUT2D eigenvalue weighted by Gasteiger charge is 2.19. The number of amides is 3. The molecular weight excluding hydrogens is 1090 g/mol. The summed E-state index contributed by atoms with van der Waals surface area (Å²) in [5.74, 6) is -2.76. The molecule has 0 aliphatic heterocycles. The van der Waals surface area contributed by atoms with Gasteiger partial charge in [0.2, 0.25) is 0 Å². The van der Waals surface area contributed by atoms with Crippen molar-refractivity contribution in [1.29, 1.82) is 0 Å². The minimum Gasteiger partial charge on any atom is -0.497 e. The number of alkyl carbamates (subject to hydrolysis) is 2. The van der Waals surface area contributed by atoms with Crippen molar-refractivity contribution in [2.75, 3.05) is 102 Å². The van der Waals surface area contributed by atoms with Gasteiger partial charge in [0.05, 0.1) is 62.5 Å². The van der Waals surface area contributed by atoms with Crippen LogP contribution in [0.3, 0.4) is 0 Å². The van der Waals surface area contributed by atoms with Gasteiger partial charge >= 0.3 is 30.2 Å². The van der Waals surface area contributed by atoms with E-state index in [1.54, 1.807) is 20.2 Å². The van der Waals surface area contributed by atoms with Gasteiger partial charge in [0, 0.05) is 57.4 Å². The molecule has 3 amide bonds. The molecule has 0 aliphatic carbocycles. The highest BCUT2D eigenvalue weighted by Crippen LogP contribution is 2.27. The van der Waals surface area contributed by atoms with E-state index in [4.69, 9.17) is 4.74 Å². The fraction of sp³-hybridized carbons (Fsp3) is 0.614. The maximum Gasteiger partial charge on any atom is 0.409 e. The Morgan fingerprint density at radius 2 is 0.988 bits per heavy atom. The molecule has 454 valence electrons. The third-order valence-corrected chi connectivity index (χ3v) is 9.49. The van der Waals surface area contributed by atoms with Crippen molar-refractivity contribution in [3.05, 3.63) is 115 Å². The van der Waals surface area contributed by atoms with Crippen LogP contribution in [0.25, 0.3) is 0 Å². The van der Waals surface area contributed by atoms with Gasteiger partial charge in [-0.3, -0.25) is 9.59 Å². The first-order chi connectivity index (χ1) is 37.8. The molecule has 0 spiro atoms. The molecule has 2 rings (SSSR count). The van der Waals surface area contributed by atoms with Crippen molar-refractivity contribution >= 4 is 30.2 Å². The smallest absolute Gasteiger partial charge is 0.409 e. The summed E-state index contributed by atoms with van der Waals surface area (Å²) in [6, 6.07) is 8.23. The number of hydrogen-bond donors (Lipinski definition) is 2. The number of methoxy groups -OCH3 is 6. The molecule has 0 radical (unpaired) electrons. The van der Waals surface area contributed by atoms with Gasteiger partial charge in [-0.25, -0.2) is 23.2 Å². The Labute approximate surface area is 455 Å². The van der Waals surface area contributed by atoms with Gasteiger partial charge in [-0.15, -0.1) is 50.6 Å². The topological polar surface area (TPSA) is 430 Å².